The van der Waals surface area contributed by atoms with Gasteiger partial charge >= 0.3 is 5.97 Å². The van der Waals surface area contributed by atoms with E-state index in [4.69, 9.17) is 16.3 Å². The molecule has 1 unspecified atom stereocenters. The van der Waals surface area contributed by atoms with E-state index in [1.165, 1.54) is 36.1 Å². The number of amides is 1. The third-order valence-electron chi connectivity index (χ3n) is 4.04. The predicted octanol–water partition coefficient (Wildman–Crippen LogP) is 2.60. The fourth-order valence-corrected chi connectivity index (χ4v) is 3.69. The number of benzene rings is 2. The highest BCUT2D eigenvalue weighted by Gasteiger charge is 2.22. The number of nitrogens with one attached hydrogen (secondary N) is 1. The zero-order chi connectivity index (χ0) is 21.4. The SMILES string of the molecule is CC(OC(=O)CCNS(=O)(=O)c1ccc(Cl)cc1)C(=O)N(C)Cc1ccccc1. The second-order valence-electron chi connectivity index (χ2n) is 6.41. The summed E-state index contributed by atoms with van der Waals surface area (Å²) in [5.74, 6) is -1.01. The normalized spacial score (nSPS) is 12.2. The molecule has 2 aromatic carbocycles. The maximum absolute atomic E-state index is 12.4. The first-order valence-corrected chi connectivity index (χ1v) is 10.8. The molecular weight excluding hydrogens is 416 g/mol. The van der Waals surface area contributed by atoms with Gasteiger partial charge in [-0.3, -0.25) is 9.59 Å². The van der Waals surface area contributed by atoms with Crippen molar-refractivity contribution in [1.82, 2.24) is 9.62 Å². The van der Waals surface area contributed by atoms with Crippen LogP contribution < -0.4 is 4.72 Å². The molecule has 0 aliphatic carbocycles. The Kier molecular flexibility index (Phi) is 8.19. The number of carbonyl (C=O) groups is 2. The van der Waals surface area contributed by atoms with E-state index in [1.54, 1.807) is 7.05 Å². The Labute approximate surface area is 175 Å². The van der Waals surface area contributed by atoms with Gasteiger partial charge in [0, 0.05) is 25.2 Å². The number of rotatable bonds is 9. The highest BCUT2D eigenvalue weighted by molar-refractivity contribution is 7.89. The first kappa shape index (κ1) is 22.9. The van der Waals surface area contributed by atoms with E-state index in [0.717, 1.165) is 5.56 Å². The van der Waals surface area contributed by atoms with E-state index >= 15 is 0 Å². The molecule has 2 aromatic rings. The Hall–Kier alpha value is -2.42. The van der Waals surface area contributed by atoms with Crippen molar-refractivity contribution in [1.29, 1.82) is 0 Å². The molecule has 0 heterocycles. The maximum atomic E-state index is 12.4. The van der Waals surface area contributed by atoms with Crippen LogP contribution in [0.5, 0.6) is 0 Å². The number of carbonyl (C=O) groups excluding carboxylic acids is 2. The molecule has 0 aliphatic rings. The quantitative estimate of drug-likeness (QED) is 0.607. The van der Waals surface area contributed by atoms with Crippen LogP contribution in [0.3, 0.4) is 0 Å². The number of esters is 1. The van der Waals surface area contributed by atoms with E-state index in [-0.39, 0.29) is 23.8 Å². The summed E-state index contributed by atoms with van der Waals surface area (Å²) in [5.41, 5.74) is 0.957. The summed E-state index contributed by atoms with van der Waals surface area (Å²) in [4.78, 5) is 25.8. The summed E-state index contributed by atoms with van der Waals surface area (Å²) in [6.45, 7) is 1.73. The van der Waals surface area contributed by atoms with Crippen molar-refractivity contribution in [3.05, 3.63) is 65.2 Å². The van der Waals surface area contributed by atoms with Crippen LogP contribution >= 0.6 is 11.6 Å². The molecule has 9 heteroatoms. The Morgan fingerprint density at radius 1 is 1.10 bits per heavy atom. The van der Waals surface area contributed by atoms with Gasteiger partial charge in [0.15, 0.2) is 6.10 Å². The van der Waals surface area contributed by atoms with E-state index < -0.39 is 22.1 Å². The molecule has 0 aromatic heterocycles. The Morgan fingerprint density at radius 3 is 2.34 bits per heavy atom. The molecule has 29 heavy (non-hydrogen) atoms. The molecule has 0 saturated heterocycles. The topological polar surface area (TPSA) is 92.8 Å². The number of ether oxygens (including phenoxy) is 1. The lowest BCUT2D eigenvalue weighted by atomic mass is 10.2. The lowest BCUT2D eigenvalue weighted by Gasteiger charge is -2.21. The van der Waals surface area contributed by atoms with Crippen LogP contribution in [-0.4, -0.2) is 44.9 Å². The highest BCUT2D eigenvalue weighted by atomic mass is 35.5. The minimum Gasteiger partial charge on any atom is -0.452 e. The first-order valence-electron chi connectivity index (χ1n) is 8.92. The zero-order valence-corrected chi connectivity index (χ0v) is 17.7. The van der Waals surface area contributed by atoms with Gasteiger partial charge < -0.3 is 9.64 Å². The smallest absolute Gasteiger partial charge is 0.307 e. The van der Waals surface area contributed by atoms with Crippen molar-refractivity contribution >= 4 is 33.5 Å². The number of halogens is 1. The van der Waals surface area contributed by atoms with Gasteiger partial charge in [0.1, 0.15) is 0 Å². The van der Waals surface area contributed by atoms with Crippen LogP contribution in [0.1, 0.15) is 18.9 Å². The number of nitrogens with zero attached hydrogens (tertiary/aromatic N) is 1. The Morgan fingerprint density at radius 2 is 1.72 bits per heavy atom. The van der Waals surface area contributed by atoms with Crippen molar-refractivity contribution in [2.24, 2.45) is 0 Å². The van der Waals surface area contributed by atoms with Crippen molar-refractivity contribution in [3.63, 3.8) is 0 Å². The molecule has 156 valence electrons. The largest absolute Gasteiger partial charge is 0.452 e. The standard InChI is InChI=1S/C20H23ClN2O5S/c1-15(20(25)23(2)14-16-6-4-3-5-7-16)28-19(24)12-13-22-29(26,27)18-10-8-17(21)9-11-18/h3-11,15,22H,12-14H2,1-2H3. The molecule has 0 aliphatic heterocycles. The van der Waals surface area contributed by atoms with Gasteiger partial charge in [0.2, 0.25) is 10.0 Å². The lowest BCUT2D eigenvalue weighted by Crippen LogP contribution is -2.37. The molecule has 0 fully saturated rings. The van der Waals surface area contributed by atoms with Gasteiger partial charge in [-0.05, 0) is 36.8 Å². The van der Waals surface area contributed by atoms with Gasteiger partial charge in [-0.2, -0.15) is 0 Å². The monoisotopic (exact) mass is 438 g/mol. The Bertz CT molecular complexity index is 933. The maximum Gasteiger partial charge on any atom is 0.307 e. The van der Waals surface area contributed by atoms with Gasteiger partial charge in [0.05, 0.1) is 11.3 Å². The van der Waals surface area contributed by atoms with Gasteiger partial charge in [-0.25, -0.2) is 13.1 Å². The van der Waals surface area contributed by atoms with Crippen molar-refractivity contribution in [2.75, 3.05) is 13.6 Å². The summed E-state index contributed by atoms with van der Waals surface area (Å²) >= 11 is 5.74. The van der Waals surface area contributed by atoms with Crippen molar-refractivity contribution in [3.8, 4) is 0 Å². The Balaban J connectivity index is 1.79. The minimum atomic E-state index is -3.76. The average molecular weight is 439 g/mol. The summed E-state index contributed by atoms with van der Waals surface area (Å²) in [5, 5.41) is 0.420. The fourth-order valence-electron chi connectivity index (χ4n) is 2.54. The minimum absolute atomic E-state index is 0.0429. The molecule has 0 saturated carbocycles. The van der Waals surface area contributed by atoms with Crippen LogP contribution in [0.2, 0.25) is 5.02 Å². The van der Waals surface area contributed by atoms with E-state index in [0.29, 0.717) is 11.6 Å². The molecule has 7 nitrogen and oxygen atoms in total. The highest BCUT2D eigenvalue weighted by Crippen LogP contribution is 2.14. The fraction of sp³-hybridized carbons (Fsp3) is 0.300. The molecule has 0 spiro atoms. The molecule has 0 radical (unpaired) electrons. The van der Waals surface area contributed by atoms with Crippen molar-refractivity contribution < 1.29 is 22.7 Å². The molecule has 1 N–H and O–H groups in total. The van der Waals surface area contributed by atoms with Gasteiger partial charge in [-0.1, -0.05) is 41.9 Å². The molecule has 0 bridgehead atoms. The van der Waals surface area contributed by atoms with Gasteiger partial charge in [-0.15, -0.1) is 0 Å². The third-order valence-corrected chi connectivity index (χ3v) is 5.77. The van der Waals surface area contributed by atoms with Crippen LogP contribution in [0, 0.1) is 0 Å². The number of hydrogen-bond acceptors (Lipinski definition) is 5. The molecular formula is C20H23ClN2O5S. The van der Waals surface area contributed by atoms with E-state index in [9.17, 15) is 18.0 Å². The first-order chi connectivity index (χ1) is 13.7. The molecule has 1 amide bonds. The zero-order valence-electron chi connectivity index (χ0n) is 16.2. The average Bonchev–Trinajstić information content (AvgIpc) is 2.68. The van der Waals surface area contributed by atoms with Crippen LogP contribution in [-0.2, 0) is 30.9 Å². The number of likely N-dealkylation sites (N-methyl/N-ethyl adjacent to an activating group) is 1. The van der Waals surface area contributed by atoms with Crippen molar-refractivity contribution in [2.45, 2.75) is 30.9 Å². The van der Waals surface area contributed by atoms with E-state index in [2.05, 4.69) is 4.72 Å². The summed E-state index contributed by atoms with van der Waals surface area (Å²) in [6.07, 6.45) is -1.17. The molecule has 1 atom stereocenters. The summed E-state index contributed by atoms with van der Waals surface area (Å²) in [7, 11) is -2.13. The van der Waals surface area contributed by atoms with E-state index in [1.807, 2.05) is 30.3 Å². The lowest BCUT2D eigenvalue weighted by molar-refractivity contribution is -0.158. The number of hydrogen-bond donors (Lipinski definition) is 1. The molecule has 2 rings (SSSR count). The second-order valence-corrected chi connectivity index (χ2v) is 8.62. The van der Waals surface area contributed by atoms with Crippen LogP contribution in [0.25, 0.3) is 0 Å². The third kappa shape index (κ3) is 7.16. The second kappa shape index (κ2) is 10.4. The predicted molar refractivity (Wildman–Crippen MR) is 110 cm³/mol. The van der Waals surface area contributed by atoms with Crippen LogP contribution in [0.15, 0.2) is 59.5 Å². The summed E-state index contributed by atoms with van der Waals surface area (Å²) < 4.78 is 31.7. The van der Waals surface area contributed by atoms with Crippen LogP contribution in [0.4, 0.5) is 0 Å². The van der Waals surface area contributed by atoms with Gasteiger partial charge in [0.25, 0.3) is 5.91 Å². The summed E-state index contributed by atoms with van der Waals surface area (Å²) in [6, 6.07) is 15.1. The number of sulfonamides is 1.